The monoisotopic (exact) mass is 299 g/mol. The number of hydrogen-bond donors (Lipinski definition) is 1. The molecule has 2 aliphatic rings. The molecule has 1 aromatic heterocycles. The van der Waals surface area contributed by atoms with E-state index in [0.29, 0.717) is 12.4 Å². The largest absolute Gasteiger partial charge is 0.417 e. The molecule has 114 valence electrons. The zero-order valence-corrected chi connectivity index (χ0v) is 11.4. The predicted molar refractivity (Wildman–Crippen MR) is 70.7 cm³/mol. The lowest BCUT2D eigenvalue weighted by Gasteiger charge is -2.31. The summed E-state index contributed by atoms with van der Waals surface area (Å²) < 4.78 is 37.6. The third kappa shape index (κ3) is 2.50. The number of nitrogens with zero attached hydrogens (tertiary/aromatic N) is 2. The van der Waals surface area contributed by atoms with Gasteiger partial charge in [-0.15, -0.1) is 0 Å². The van der Waals surface area contributed by atoms with Gasteiger partial charge < -0.3 is 5.32 Å². The second-order valence-corrected chi connectivity index (χ2v) is 5.64. The van der Waals surface area contributed by atoms with Crippen molar-refractivity contribution in [3.63, 3.8) is 0 Å². The third-order valence-corrected chi connectivity index (χ3v) is 4.43. The topological polar surface area (TPSA) is 45.2 Å². The minimum atomic E-state index is -4.41. The number of carbonyl (C=O) groups is 1. The maximum absolute atomic E-state index is 12.6. The molecule has 2 fully saturated rings. The van der Waals surface area contributed by atoms with Crippen LogP contribution in [0.3, 0.4) is 0 Å². The van der Waals surface area contributed by atoms with E-state index in [-0.39, 0.29) is 11.3 Å². The summed E-state index contributed by atoms with van der Waals surface area (Å²) in [6, 6.07) is 2.25. The number of halogens is 3. The second kappa shape index (κ2) is 4.98. The second-order valence-electron chi connectivity index (χ2n) is 5.64. The van der Waals surface area contributed by atoms with E-state index in [1.807, 2.05) is 0 Å². The van der Waals surface area contributed by atoms with Crippen molar-refractivity contribution >= 4 is 11.7 Å². The summed E-state index contributed by atoms with van der Waals surface area (Å²) in [5, 5.41) is 3.22. The maximum atomic E-state index is 12.6. The van der Waals surface area contributed by atoms with Crippen molar-refractivity contribution in [1.29, 1.82) is 0 Å². The first-order valence-electron chi connectivity index (χ1n) is 6.98. The molecule has 0 radical (unpaired) electrons. The number of amides is 1. The van der Waals surface area contributed by atoms with Gasteiger partial charge in [0.2, 0.25) is 5.91 Å². The maximum Gasteiger partial charge on any atom is 0.417 e. The number of piperidine rings is 1. The fourth-order valence-electron chi connectivity index (χ4n) is 3.12. The normalized spacial score (nSPS) is 22.0. The highest BCUT2D eigenvalue weighted by Gasteiger charge is 2.47. The third-order valence-electron chi connectivity index (χ3n) is 4.43. The zero-order chi connectivity index (χ0) is 15.1. The predicted octanol–water partition coefficient (Wildman–Crippen LogP) is 2.21. The van der Waals surface area contributed by atoms with Crippen LogP contribution in [0.25, 0.3) is 0 Å². The molecule has 0 atom stereocenters. The molecule has 4 nitrogen and oxygen atoms in total. The standard InChI is InChI=1S/C14H16F3N3O/c15-14(16,17)10-1-2-11(19-9-10)20-8-5-13(12(20)21)3-6-18-7-4-13/h1-2,9,18H,3-8H2. The Kier molecular flexibility index (Phi) is 3.39. The Morgan fingerprint density at radius 2 is 1.90 bits per heavy atom. The minimum Gasteiger partial charge on any atom is -0.317 e. The van der Waals surface area contributed by atoms with Gasteiger partial charge in [-0.1, -0.05) is 0 Å². The van der Waals surface area contributed by atoms with Crippen molar-refractivity contribution in [1.82, 2.24) is 10.3 Å². The first kappa shape index (κ1) is 14.3. The summed E-state index contributed by atoms with van der Waals surface area (Å²) in [7, 11) is 0. The lowest BCUT2D eigenvalue weighted by Crippen LogP contribution is -2.42. The molecule has 1 N–H and O–H groups in total. The van der Waals surface area contributed by atoms with Gasteiger partial charge in [-0.2, -0.15) is 13.2 Å². The molecule has 0 aromatic carbocycles. The molecule has 0 bridgehead atoms. The Morgan fingerprint density at radius 3 is 2.48 bits per heavy atom. The highest BCUT2D eigenvalue weighted by atomic mass is 19.4. The van der Waals surface area contributed by atoms with Crippen LogP contribution >= 0.6 is 0 Å². The Labute approximate surface area is 120 Å². The van der Waals surface area contributed by atoms with Gasteiger partial charge in [0.1, 0.15) is 5.82 Å². The van der Waals surface area contributed by atoms with Crippen LogP contribution in [-0.2, 0) is 11.0 Å². The zero-order valence-electron chi connectivity index (χ0n) is 11.4. The van der Waals surface area contributed by atoms with Crippen molar-refractivity contribution in [2.75, 3.05) is 24.5 Å². The molecule has 3 heterocycles. The van der Waals surface area contributed by atoms with Gasteiger partial charge in [-0.25, -0.2) is 4.98 Å². The van der Waals surface area contributed by atoms with Crippen LogP contribution in [0, 0.1) is 5.41 Å². The first-order valence-corrected chi connectivity index (χ1v) is 6.98. The molecule has 7 heteroatoms. The molecule has 0 aliphatic carbocycles. The van der Waals surface area contributed by atoms with Crippen molar-refractivity contribution in [3.8, 4) is 0 Å². The Balaban J connectivity index is 1.80. The summed E-state index contributed by atoms with van der Waals surface area (Å²) in [6.07, 6.45) is -1.31. The molecule has 1 aromatic rings. The van der Waals surface area contributed by atoms with Crippen molar-refractivity contribution in [3.05, 3.63) is 23.9 Å². The molecule has 21 heavy (non-hydrogen) atoms. The van der Waals surface area contributed by atoms with E-state index in [1.54, 1.807) is 0 Å². The number of alkyl halides is 3. The van der Waals surface area contributed by atoms with Crippen LogP contribution in [0.4, 0.5) is 19.0 Å². The van der Waals surface area contributed by atoms with Crippen LogP contribution < -0.4 is 10.2 Å². The van der Waals surface area contributed by atoms with Crippen molar-refractivity contribution in [2.45, 2.75) is 25.4 Å². The summed E-state index contributed by atoms with van der Waals surface area (Å²) >= 11 is 0. The van der Waals surface area contributed by atoms with Gasteiger partial charge in [0.25, 0.3) is 0 Å². The highest BCUT2D eigenvalue weighted by Crippen LogP contribution is 2.41. The summed E-state index contributed by atoms with van der Waals surface area (Å²) in [4.78, 5) is 17.9. The number of rotatable bonds is 1. The van der Waals surface area contributed by atoms with Crippen LogP contribution in [0.5, 0.6) is 0 Å². The average Bonchev–Trinajstić information content (AvgIpc) is 2.76. The lowest BCUT2D eigenvalue weighted by molar-refractivity contribution is -0.137. The number of aromatic nitrogens is 1. The summed E-state index contributed by atoms with van der Waals surface area (Å²) in [6.45, 7) is 2.14. The molecular weight excluding hydrogens is 283 g/mol. The molecule has 1 spiro atoms. The number of hydrogen-bond acceptors (Lipinski definition) is 3. The molecule has 2 saturated heterocycles. The van der Waals surface area contributed by atoms with E-state index < -0.39 is 11.7 Å². The molecule has 0 unspecified atom stereocenters. The quantitative estimate of drug-likeness (QED) is 0.865. The Bertz CT molecular complexity index is 535. The fourth-order valence-corrected chi connectivity index (χ4v) is 3.12. The molecule has 1 amide bonds. The van der Waals surface area contributed by atoms with Crippen LogP contribution in [0.2, 0.25) is 0 Å². The molecular formula is C14H16F3N3O. The van der Waals surface area contributed by atoms with Gasteiger partial charge in [0.15, 0.2) is 0 Å². The van der Waals surface area contributed by atoms with E-state index in [4.69, 9.17) is 0 Å². The smallest absolute Gasteiger partial charge is 0.317 e. The summed E-state index contributed by atoms with van der Waals surface area (Å²) in [5.74, 6) is 0.305. The van der Waals surface area contributed by atoms with E-state index in [0.717, 1.165) is 44.6 Å². The highest BCUT2D eigenvalue weighted by molar-refractivity contribution is 5.99. The van der Waals surface area contributed by atoms with E-state index in [2.05, 4.69) is 10.3 Å². The molecule has 3 rings (SSSR count). The minimum absolute atomic E-state index is 0.00346. The number of pyridine rings is 1. The Hall–Kier alpha value is -1.63. The summed E-state index contributed by atoms with van der Waals surface area (Å²) in [5.41, 5.74) is -1.15. The molecule has 0 saturated carbocycles. The fraction of sp³-hybridized carbons (Fsp3) is 0.571. The van der Waals surface area contributed by atoms with E-state index in [9.17, 15) is 18.0 Å². The average molecular weight is 299 g/mol. The van der Waals surface area contributed by atoms with E-state index in [1.165, 1.54) is 11.0 Å². The molecule has 2 aliphatic heterocycles. The van der Waals surface area contributed by atoms with Gasteiger partial charge in [0, 0.05) is 12.7 Å². The number of carbonyl (C=O) groups excluding carboxylic acids is 1. The first-order chi connectivity index (χ1) is 9.92. The lowest BCUT2D eigenvalue weighted by atomic mass is 9.78. The van der Waals surface area contributed by atoms with Gasteiger partial charge >= 0.3 is 6.18 Å². The van der Waals surface area contributed by atoms with Gasteiger partial charge in [-0.3, -0.25) is 9.69 Å². The van der Waals surface area contributed by atoms with Gasteiger partial charge in [-0.05, 0) is 44.5 Å². The van der Waals surface area contributed by atoms with Crippen molar-refractivity contribution in [2.24, 2.45) is 5.41 Å². The van der Waals surface area contributed by atoms with Crippen molar-refractivity contribution < 1.29 is 18.0 Å². The SMILES string of the molecule is O=C1N(c2ccc(C(F)(F)F)cn2)CCC12CCNCC2. The number of anilines is 1. The number of nitrogens with one attached hydrogen (secondary N) is 1. The van der Waals surface area contributed by atoms with Gasteiger partial charge in [0.05, 0.1) is 11.0 Å². The van der Waals surface area contributed by atoms with Crippen LogP contribution in [0.1, 0.15) is 24.8 Å². The van der Waals surface area contributed by atoms with Crippen LogP contribution in [0.15, 0.2) is 18.3 Å². The van der Waals surface area contributed by atoms with Crippen LogP contribution in [-0.4, -0.2) is 30.5 Å². The van der Waals surface area contributed by atoms with E-state index >= 15 is 0 Å². The Morgan fingerprint density at radius 1 is 1.19 bits per heavy atom.